The van der Waals surface area contributed by atoms with Crippen molar-refractivity contribution >= 4 is 23.2 Å². The van der Waals surface area contributed by atoms with Gasteiger partial charge in [0.05, 0.1) is 24.9 Å². The third-order valence-electron chi connectivity index (χ3n) is 3.11. The van der Waals surface area contributed by atoms with Crippen LogP contribution >= 0.6 is 11.6 Å². The highest BCUT2D eigenvalue weighted by Gasteiger charge is 2.12. The lowest BCUT2D eigenvalue weighted by atomic mass is 10.1. The maximum absolute atomic E-state index is 11.9. The normalized spacial score (nSPS) is 10.3. The van der Waals surface area contributed by atoms with Crippen LogP contribution in [0, 0.1) is 0 Å². The number of carbonyl (C=O) groups excluding carboxylic acids is 1. The van der Waals surface area contributed by atoms with E-state index in [0.717, 1.165) is 25.7 Å². The summed E-state index contributed by atoms with van der Waals surface area (Å²) in [6.07, 6.45) is 4.38. The van der Waals surface area contributed by atoms with Gasteiger partial charge in [-0.25, -0.2) is 0 Å². The van der Waals surface area contributed by atoms with Crippen LogP contribution in [0.5, 0.6) is 11.5 Å². The molecule has 6 heteroatoms. The van der Waals surface area contributed by atoms with Gasteiger partial charge >= 0.3 is 0 Å². The third kappa shape index (κ3) is 5.81. The number of rotatable bonds is 9. The summed E-state index contributed by atoms with van der Waals surface area (Å²) in [6.45, 7) is 0.702. The minimum atomic E-state index is -0.0585. The van der Waals surface area contributed by atoms with Crippen LogP contribution < -0.4 is 20.5 Å². The van der Waals surface area contributed by atoms with E-state index in [1.54, 1.807) is 12.1 Å². The van der Waals surface area contributed by atoms with Crippen molar-refractivity contribution in [1.82, 2.24) is 0 Å². The molecule has 0 bridgehead atoms. The molecule has 21 heavy (non-hydrogen) atoms. The monoisotopic (exact) mass is 314 g/mol. The highest BCUT2D eigenvalue weighted by atomic mass is 35.5. The molecule has 118 valence electrons. The topological polar surface area (TPSA) is 73.6 Å². The van der Waals surface area contributed by atoms with Crippen molar-refractivity contribution < 1.29 is 14.3 Å². The number of unbranched alkanes of at least 4 members (excludes halogenated alkanes) is 3. The molecule has 1 amide bonds. The molecular formula is C15H23ClN2O3. The van der Waals surface area contributed by atoms with Gasteiger partial charge in [0.25, 0.3) is 0 Å². The molecular weight excluding hydrogens is 292 g/mol. The molecule has 5 nitrogen and oxygen atoms in total. The molecule has 0 saturated heterocycles. The first-order chi connectivity index (χ1) is 10.1. The summed E-state index contributed by atoms with van der Waals surface area (Å²) >= 11 is 6.12. The zero-order chi connectivity index (χ0) is 15.7. The van der Waals surface area contributed by atoms with Gasteiger partial charge in [0.2, 0.25) is 5.91 Å². The number of benzene rings is 1. The van der Waals surface area contributed by atoms with Gasteiger partial charge in [0, 0.05) is 18.6 Å². The summed E-state index contributed by atoms with van der Waals surface area (Å²) < 4.78 is 10.3. The first-order valence-corrected chi connectivity index (χ1v) is 7.41. The lowest BCUT2D eigenvalue weighted by Crippen LogP contribution is -2.11. The number of hydrogen-bond acceptors (Lipinski definition) is 4. The van der Waals surface area contributed by atoms with Crippen molar-refractivity contribution in [2.75, 3.05) is 26.1 Å². The Morgan fingerprint density at radius 3 is 2.38 bits per heavy atom. The quantitative estimate of drug-likeness (QED) is 0.686. The summed E-state index contributed by atoms with van der Waals surface area (Å²) in [5.74, 6) is 0.999. The predicted octanol–water partition coefficient (Wildman–Crippen LogP) is 3.20. The summed E-state index contributed by atoms with van der Waals surface area (Å²) in [7, 11) is 3.07. The van der Waals surface area contributed by atoms with Crippen LogP contribution in [-0.2, 0) is 4.79 Å². The van der Waals surface area contributed by atoms with E-state index in [1.807, 2.05) is 0 Å². The fraction of sp³-hybridized carbons (Fsp3) is 0.533. The second-order valence-corrected chi connectivity index (χ2v) is 5.10. The van der Waals surface area contributed by atoms with Crippen molar-refractivity contribution in [3.63, 3.8) is 0 Å². The van der Waals surface area contributed by atoms with Crippen molar-refractivity contribution in [1.29, 1.82) is 0 Å². The van der Waals surface area contributed by atoms with E-state index in [0.29, 0.717) is 35.2 Å². The predicted molar refractivity (Wildman–Crippen MR) is 85.3 cm³/mol. The van der Waals surface area contributed by atoms with Gasteiger partial charge in [-0.1, -0.05) is 24.4 Å². The largest absolute Gasteiger partial charge is 0.493 e. The first-order valence-electron chi connectivity index (χ1n) is 7.03. The summed E-state index contributed by atoms with van der Waals surface area (Å²) in [6, 6.07) is 3.28. The lowest BCUT2D eigenvalue weighted by molar-refractivity contribution is -0.116. The number of ether oxygens (including phenoxy) is 2. The molecule has 3 N–H and O–H groups in total. The number of anilines is 1. The Morgan fingerprint density at radius 1 is 1.14 bits per heavy atom. The van der Waals surface area contributed by atoms with E-state index in [2.05, 4.69) is 5.32 Å². The SMILES string of the molecule is COc1cc(Cl)c(NC(=O)CCCCCCN)cc1OC. The Hall–Kier alpha value is -1.46. The molecule has 0 spiro atoms. The molecule has 1 aromatic rings. The smallest absolute Gasteiger partial charge is 0.224 e. The number of nitrogens with one attached hydrogen (secondary N) is 1. The fourth-order valence-electron chi connectivity index (χ4n) is 1.95. The maximum atomic E-state index is 11.9. The number of halogens is 1. The van der Waals surface area contributed by atoms with Crippen LogP contribution in [0.3, 0.4) is 0 Å². The molecule has 0 fully saturated rings. The van der Waals surface area contributed by atoms with Gasteiger partial charge in [0.1, 0.15) is 0 Å². The Bertz CT molecular complexity index is 466. The van der Waals surface area contributed by atoms with Gasteiger partial charge in [-0.15, -0.1) is 0 Å². The van der Waals surface area contributed by atoms with Gasteiger partial charge < -0.3 is 20.5 Å². The van der Waals surface area contributed by atoms with Crippen LogP contribution in [0.4, 0.5) is 5.69 Å². The molecule has 0 aliphatic heterocycles. The Balaban J connectivity index is 2.55. The van der Waals surface area contributed by atoms with Crippen LogP contribution in [0.1, 0.15) is 32.1 Å². The lowest BCUT2D eigenvalue weighted by Gasteiger charge is -2.12. The van der Waals surface area contributed by atoms with Gasteiger partial charge in [-0.2, -0.15) is 0 Å². The highest BCUT2D eigenvalue weighted by molar-refractivity contribution is 6.34. The molecule has 0 radical (unpaired) electrons. The van der Waals surface area contributed by atoms with Gasteiger partial charge in [0.15, 0.2) is 11.5 Å². The van der Waals surface area contributed by atoms with Gasteiger partial charge in [-0.05, 0) is 19.4 Å². The minimum Gasteiger partial charge on any atom is -0.493 e. The Labute approximate surface area is 130 Å². The molecule has 0 saturated carbocycles. The summed E-state index contributed by atoms with van der Waals surface area (Å²) in [5.41, 5.74) is 5.95. The number of hydrogen-bond donors (Lipinski definition) is 2. The van der Waals surface area contributed by atoms with Crippen molar-refractivity contribution in [3.8, 4) is 11.5 Å². The third-order valence-corrected chi connectivity index (χ3v) is 3.42. The zero-order valence-electron chi connectivity index (χ0n) is 12.6. The van der Waals surface area contributed by atoms with Crippen LogP contribution in [0.25, 0.3) is 0 Å². The van der Waals surface area contributed by atoms with Crippen molar-refractivity contribution in [3.05, 3.63) is 17.2 Å². The minimum absolute atomic E-state index is 0.0585. The second-order valence-electron chi connectivity index (χ2n) is 4.69. The van der Waals surface area contributed by atoms with Gasteiger partial charge in [-0.3, -0.25) is 4.79 Å². The van der Waals surface area contributed by atoms with E-state index < -0.39 is 0 Å². The van der Waals surface area contributed by atoms with E-state index in [-0.39, 0.29) is 5.91 Å². The molecule has 1 rings (SSSR count). The van der Waals surface area contributed by atoms with E-state index in [1.165, 1.54) is 14.2 Å². The molecule has 0 aliphatic rings. The summed E-state index contributed by atoms with van der Waals surface area (Å²) in [5, 5.41) is 3.22. The molecule has 1 aromatic carbocycles. The number of nitrogens with two attached hydrogens (primary N) is 1. The standard InChI is InChI=1S/C15H23ClN2O3/c1-20-13-9-11(16)12(10-14(13)21-2)18-15(19)7-5-3-4-6-8-17/h9-10H,3-8,17H2,1-2H3,(H,18,19). The molecule has 0 aliphatic carbocycles. The highest BCUT2D eigenvalue weighted by Crippen LogP contribution is 2.36. The summed E-state index contributed by atoms with van der Waals surface area (Å²) in [4.78, 5) is 11.9. The average Bonchev–Trinajstić information content (AvgIpc) is 2.48. The Morgan fingerprint density at radius 2 is 1.76 bits per heavy atom. The molecule has 0 heterocycles. The first kappa shape index (κ1) is 17.6. The fourth-order valence-corrected chi connectivity index (χ4v) is 2.15. The Kier molecular flexibility index (Phi) is 7.93. The number of carbonyl (C=O) groups is 1. The van der Waals surface area contributed by atoms with Crippen LogP contribution in [-0.4, -0.2) is 26.7 Å². The van der Waals surface area contributed by atoms with Crippen LogP contribution in [0.2, 0.25) is 5.02 Å². The van der Waals surface area contributed by atoms with Crippen molar-refractivity contribution in [2.24, 2.45) is 5.73 Å². The van der Waals surface area contributed by atoms with Crippen LogP contribution in [0.15, 0.2) is 12.1 Å². The van der Waals surface area contributed by atoms with E-state index in [9.17, 15) is 4.79 Å². The number of amides is 1. The molecule has 0 unspecified atom stereocenters. The number of methoxy groups -OCH3 is 2. The average molecular weight is 315 g/mol. The van der Waals surface area contributed by atoms with Crippen molar-refractivity contribution in [2.45, 2.75) is 32.1 Å². The maximum Gasteiger partial charge on any atom is 0.224 e. The van der Waals surface area contributed by atoms with E-state index >= 15 is 0 Å². The second kappa shape index (κ2) is 9.47. The molecule has 0 atom stereocenters. The zero-order valence-corrected chi connectivity index (χ0v) is 13.3. The van der Waals surface area contributed by atoms with E-state index in [4.69, 9.17) is 26.8 Å². The molecule has 0 aromatic heterocycles.